The lowest BCUT2D eigenvalue weighted by atomic mass is 10.1. The lowest BCUT2D eigenvalue weighted by molar-refractivity contribution is -0.123. The van der Waals surface area contributed by atoms with E-state index in [9.17, 15) is 4.79 Å². The van der Waals surface area contributed by atoms with Crippen molar-refractivity contribution in [3.05, 3.63) is 59.9 Å². The number of aryl methyl sites for hydroxylation is 1. The minimum Gasteiger partial charge on any atom is -0.483 e. The Hall–Kier alpha value is -3.35. The number of furan rings is 1. The molecule has 0 spiro atoms. The molecule has 0 atom stereocenters. The van der Waals surface area contributed by atoms with Gasteiger partial charge in [-0.15, -0.1) is 10.2 Å². The summed E-state index contributed by atoms with van der Waals surface area (Å²) < 4.78 is 16.3. The van der Waals surface area contributed by atoms with E-state index in [1.165, 1.54) is 0 Å². The Morgan fingerprint density at radius 1 is 1.07 bits per heavy atom. The quantitative estimate of drug-likeness (QED) is 0.616. The molecule has 0 aliphatic heterocycles. The number of aromatic nitrogens is 2. The second kappa shape index (κ2) is 8.84. The number of benzene rings is 1. The minimum atomic E-state index is -0.209. The molecular formula is C20H21N3O4. The molecule has 27 heavy (non-hydrogen) atoms. The number of hydrogen-bond donors (Lipinski definition) is 1. The molecule has 7 heteroatoms. The van der Waals surface area contributed by atoms with Crippen molar-refractivity contribution in [1.82, 2.24) is 15.5 Å². The van der Waals surface area contributed by atoms with Gasteiger partial charge in [0.1, 0.15) is 18.1 Å². The van der Waals surface area contributed by atoms with Crippen molar-refractivity contribution in [3.63, 3.8) is 0 Å². The van der Waals surface area contributed by atoms with Crippen LogP contribution in [0, 0.1) is 13.8 Å². The average molecular weight is 367 g/mol. The van der Waals surface area contributed by atoms with Crippen LogP contribution in [0.25, 0.3) is 11.5 Å². The van der Waals surface area contributed by atoms with E-state index < -0.39 is 0 Å². The monoisotopic (exact) mass is 367 g/mol. The first kappa shape index (κ1) is 18.4. The largest absolute Gasteiger partial charge is 0.483 e. The highest BCUT2D eigenvalue weighted by molar-refractivity contribution is 5.77. The third kappa shape index (κ3) is 5.07. The van der Waals surface area contributed by atoms with Crippen LogP contribution in [0.5, 0.6) is 11.6 Å². The Balaban J connectivity index is 1.37. The van der Waals surface area contributed by atoms with E-state index in [0.717, 1.165) is 11.1 Å². The van der Waals surface area contributed by atoms with E-state index in [2.05, 4.69) is 15.5 Å². The fraction of sp³-hybridized carbons (Fsp3) is 0.250. The predicted octanol–water partition coefficient (Wildman–Crippen LogP) is 2.93. The Kier molecular flexibility index (Phi) is 6.04. The summed E-state index contributed by atoms with van der Waals surface area (Å²) >= 11 is 0. The van der Waals surface area contributed by atoms with E-state index in [0.29, 0.717) is 29.6 Å². The zero-order valence-electron chi connectivity index (χ0n) is 15.3. The SMILES string of the molecule is Cc1cccc(OCC(=O)NCCOc2ccc(-c3ccco3)nn2)c1C. The first-order valence-corrected chi connectivity index (χ1v) is 8.59. The molecule has 2 aromatic heterocycles. The van der Waals surface area contributed by atoms with Gasteiger partial charge in [0.2, 0.25) is 5.88 Å². The van der Waals surface area contributed by atoms with E-state index >= 15 is 0 Å². The average Bonchev–Trinajstić information content (AvgIpc) is 3.22. The van der Waals surface area contributed by atoms with E-state index in [4.69, 9.17) is 13.9 Å². The van der Waals surface area contributed by atoms with Gasteiger partial charge in [-0.05, 0) is 49.2 Å². The van der Waals surface area contributed by atoms with Crippen LogP contribution in [0.3, 0.4) is 0 Å². The number of nitrogens with zero attached hydrogens (tertiary/aromatic N) is 2. The topological polar surface area (TPSA) is 86.5 Å². The van der Waals surface area contributed by atoms with E-state index in [-0.39, 0.29) is 19.1 Å². The van der Waals surface area contributed by atoms with Crippen LogP contribution in [-0.2, 0) is 4.79 Å². The zero-order chi connectivity index (χ0) is 19.1. The summed E-state index contributed by atoms with van der Waals surface area (Å²) in [7, 11) is 0. The van der Waals surface area contributed by atoms with Gasteiger partial charge in [-0.1, -0.05) is 12.1 Å². The standard InChI is InChI=1S/C20H21N3O4/c1-14-5-3-6-17(15(14)2)27-13-19(24)21-10-12-26-20-9-8-16(22-23-20)18-7-4-11-25-18/h3-9,11H,10,12-13H2,1-2H3,(H,21,24). The summed E-state index contributed by atoms with van der Waals surface area (Å²) in [6, 6.07) is 12.8. The number of ether oxygens (including phenoxy) is 2. The van der Waals surface area contributed by atoms with Crippen LogP contribution in [0.1, 0.15) is 11.1 Å². The van der Waals surface area contributed by atoms with Gasteiger partial charge in [-0.2, -0.15) is 0 Å². The van der Waals surface area contributed by atoms with Gasteiger partial charge in [-0.3, -0.25) is 4.79 Å². The van der Waals surface area contributed by atoms with Crippen molar-refractivity contribution in [2.75, 3.05) is 19.8 Å². The molecule has 2 heterocycles. The van der Waals surface area contributed by atoms with Crippen LogP contribution in [-0.4, -0.2) is 35.9 Å². The molecule has 0 aliphatic carbocycles. The maximum Gasteiger partial charge on any atom is 0.258 e. The molecule has 1 N–H and O–H groups in total. The maximum atomic E-state index is 11.9. The fourth-order valence-electron chi connectivity index (χ4n) is 2.37. The van der Waals surface area contributed by atoms with Gasteiger partial charge < -0.3 is 19.2 Å². The molecule has 3 rings (SSSR count). The molecule has 0 saturated heterocycles. The first-order chi connectivity index (χ1) is 13.1. The number of carbonyl (C=O) groups is 1. The summed E-state index contributed by atoms with van der Waals surface area (Å²) in [5.74, 6) is 1.53. The number of nitrogens with one attached hydrogen (secondary N) is 1. The smallest absolute Gasteiger partial charge is 0.258 e. The normalized spacial score (nSPS) is 10.4. The van der Waals surface area contributed by atoms with Crippen LogP contribution >= 0.6 is 0 Å². The molecule has 0 fully saturated rings. The summed E-state index contributed by atoms with van der Waals surface area (Å²) in [5, 5.41) is 10.8. The van der Waals surface area contributed by atoms with Gasteiger partial charge in [0.25, 0.3) is 5.91 Å². The molecule has 140 valence electrons. The van der Waals surface area contributed by atoms with Crippen molar-refractivity contribution in [2.45, 2.75) is 13.8 Å². The van der Waals surface area contributed by atoms with Gasteiger partial charge in [0.05, 0.1) is 12.8 Å². The molecule has 7 nitrogen and oxygen atoms in total. The van der Waals surface area contributed by atoms with Gasteiger partial charge >= 0.3 is 0 Å². The van der Waals surface area contributed by atoms with Crippen LogP contribution < -0.4 is 14.8 Å². The predicted molar refractivity (Wildman–Crippen MR) is 99.6 cm³/mol. The van der Waals surface area contributed by atoms with Gasteiger partial charge in [0, 0.05) is 6.07 Å². The first-order valence-electron chi connectivity index (χ1n) is 8.59. The number of rotatable bonds is 8. The molecule has 0 saturated carbocycles. The molecule has 1 aromatic carbocycles. The number of hydrogen-bond acceptors (Lipinski definition) is 6. The van der Waals surface area contributed by atoms with Crippen LogP contribution in [0.2, 0.25) is 0 Å². The molecule has 0 aliphatic rings. The maximum absolute atomic E-state index is 11.9. The third-order valence-electron chi connectivity index (χ3n) is 4.00. The van der Waals surface area contributed by atoms with Crippen molar-refractivity contribution >= 4 is 5.91 Å². The summed E-state index contributed by atoms with van der Waals surface area (Å²) in [6.07, 6.45) is 1.58. The Morgan fingerprint density at radius 2 is 1.96 bits per heavy atom. The number of amides is 1. The Bertz CT molecular complexity index is 877. The van der Waals surface area contributed by atoms with Crippen LogP contribution in [0.4, 0.5) is 0 Å². The lowest BCUT2D eigenvalue weighted by Gasteiger charge is -2.11. The van der Waals surface area contributed by atoms with Gasteiger partial charge in [0.15, 0.2) is 12.4 Å². The molecule has 3 aromatic rings. The highest BCUT2D eigenvalue weighted by atomic mass is 16.5. The molecular weight excluding hydrogens is 346 g/mol. The third-order valence-corrected chi connectivity index (χ3v) is 4.00. The zero-order valence-corrected chi connectivity index (χ0v) is 15.3. The number of carbonyl (C=O) groups excluding carboxylic acids is 1. The lowest BCUT2D eigenvalue weighted by Crippen LogP contribution is -2.32. The van der Waals surface area contributed by atoms with Crippen molar-refractivity contribution in [3.8, 4) is 23.1 Å². The molecule has 0 radical (unpaired) electrons. The summed E-state index contributed by atoms with van der Waals surface area (Å²) in [4.78, 5) is 11.9. The second-order valence-electron chi connectivity index (χ2n) is 5.92. The second-order valence-corrected chi connectivity index (χ2v) is 5.92. The summed E-state index contributed by atoms with van der Waals surface area (Å²) in [6.45, 7) is 4.56. The molecule has 1 amide bonds. The fourth-order valence-corrected chi connectivity index (χ4v) is 2.37. The Labute approximate surface area is 157 Å². The highest BCUT2D eigenvalue weighted by Gasteiger charge is 2.07. The van der Waals surface area contributed by atoms with Crippen molar-refractivity contribution in [2.24, 2.45) is 0 Å². The molecule has 0 bridgehead atoms. The highest BCUT2D eigenvalue weighted by Crippen LogP contribution is 2.20. The van der Waals surface area contributed by atoms with E-state index in [1.807, 2.05) is 32.0 Å². The van der Waals surface area contributed by atoms with Gasteiger partial charge in [-0.25, -0.2) is 0 Å². The minimum absolute atomic E-state index is 0.0397. The van der Waals surface area contributed by atoms with Crippen molar-refractivity contribution in [1.29, 1.82) is 0 Å². The van der Waals surface area contributed by atoms with Crippen molar-refractivity contribution < 1.29 is 18.7 Å². The molecule has 0 unspecified atom stereocenters. The Morgan fingerprint density at radius 3 is 2.70 bits per heavy atom. The van der Waals surface area contributed by atoms with Crippen LogP contribution in [0.15, 0.2) is 53.1 Å². The summed E-state index contributed by atoms with van der Waals surface area (Å²) in [5.41, 5.74) is 2.79. The van der Waals surface area contributed by atoms with E-state index in [1.54, 1.807) is 30.5 Å².